The van der Waals surface area contributed by atoms with Gasteiger partial charge in [-0.05, 0) is 36.2 Å². The summed E-state index contributed by atoms with van der Waals surface area (Å²) in [7, 11) is 0. The van der Waals surface area contributed by atoms with Crippen molar-refractivity contribution in [3.63, 3.8) is 0 Å². The zero-order valence-corrected chi connectivity index (χ0v) is 11.2. The van der Waals surface area contributed by atoms with Gasteiger partial charge in [0.1, 0.15) is 12.4 Å². The molecule has 0 saturated heterocycles. The minimum absolute atomic E-state index is 0.0847. The molecule has 1 N–H and O–H groups in total. The van der Waals surface area contributed by atoms with Crippen LogP contribution in [0.3, 0.4) is 0 Å². The third-order valence-corrected chi connectivity index (χ3v) is 3.25. The maximum atomic E-state index is 11.3. The van der Waals surface area contributed by atoms with E-state index in [1.165, 1.54) is 6.07 Å². The van der Waals surface area contributed by atoms with Crippen LogP contribution in [0, 0.1) is 6.92 Å². The molecule has 0 saturated carbocycles. The number of benzene rings is 2. The largest absolute Gasteiger partial charge is 0.489 e. The Morgan fingerprint density at radius 2 is 1.85 bits per heavy atom. The lowest BCUT2D eigenvalue weighted by atomic mass is 10.1. The van der Waals surface area contributed by atoms with E-state index in [-0.39, 0.29) is 5.56 Å². The third kappa shape index (κ3) is 2.57. The van der Waals surface area contributed by atoms with E-state index in [1.54, 1.807) is 0 Å². The highest BCUT2D eigenvalue weighted by molar-refractivity contribution is 5.83. The number of aryl methyl sites for hydroxylation is 1. The molecule has 0 aliphatic rings. The van der Waals surface area contributed by atoms with Gasteiger partial charge >= 0.3 is 0 Å². The van der Waals surface area contributed by atoms with Crippen LogP contribution in [-0.2, 0) is 6.61 Å². The summed E-state index contributed by atoms with van der Waals surface area (Å²) in [5, 5.41) is 0.979. The monoisotopic (exact) mass is 265 g/mol. The second-order valence-electron chi connectivity index (χ2n) is 4.80. The van der Waals surface area contributed by atoms with Crippen molar-refractivity contribution in [1.29, 1.82) is 0 Å². The predicted molar refractivity (Wildman–Crippen MR) is 80.1 cm³/mol. The molecule has 100 valence electrons. The molecule has 20 heavy (non-hydrogen) atoms. The lowest BCUT2D eigenvalue weighted by Gasteiger charge is -2.09. The van der Waals surface area contributed by atoms with Crippen molar-refractivity contribution >= 4 is 10.9 Å². The number of hydrogen-bond acceptors (Lipinski definition) is 2. The van der Waals surface area contributed by atoms with Crippen LogP contribution in [0.2, 0.25) is 0 Å². The van der Waals surface area contributed by atoms with Gasteiger partial charge in [0.25, 0.3) is 0 Å². The molecule has 0 aliphatic heterocycles. The Bertz CT molecular complexity index is 791. The molecule has 0 bridgehead atoms. The first kappa shape index (κ1) is 12.5. The average Bonchev–Trinajstić information content (AvgIpc) is 2.47. The van der Waals surface area contributed by atoms with E-state index < -0.39 is 0 Å². The van der Waals surface area contributed by atoms with E-state index in [2.05, 4.69) is 4.98 Å². The zero-order valence-electron chi connectivity index (χ0n) is 11.2. The van der Waals surface area contributed by atoms with Crippen LogP contribution in [0.4, 0.5) is 0 Å². The molecule has 2 aromatic carbocycles. The normalized spacial score (nSPS) is 10.7. The van der Waals surface area contributed by atoms with Gasteiger partial charge in [0.05, 0.1) is 5.52 Å². The van der Waals surface area contributed by atoms with Gasteiger partial charge in [0.15, 0.2) is 0 Å². The number of aromatic nitrogens is 1. The Hall–Kier alpha value is -2.55. The van der Waals surface area contributed by atoms with Gasteiger partial charge in [-0.2, -0.15) is 0 Å². The number of aromatic amines is 1. The Kier molecular flexibility index (Phi) is 3.25. The molecule has 3 aromatic rings. The SMILES string of the molecule is Cc1cc(OCc2ccccc2)cc2ccc(=O)[nH]c12. The van der Waals surface area contributed by atoms with E-state index in [9.17, 15) is 4.79 Å². The van der Waals surface area contributed by atoms with E-state index in [0.717, 1.165) is 27.8 Å². The van der Waals surface area contributed by atoms with Gasteiger partial charge in [-0.3, -0.25) is 4.79 Å². The summed E-state index contributed by atoms with van der Waals surface area (Å²) in [5.41, 5.74) is 2.91. The molecule has 0 atom stereocenters. The molecule has 3 nitrogen and oxygen atoms in total. The van der Waals surface area contributed by atoms with Crippen molar-refractivity contribution in [3.05, 3.63) is 76.1 Å². The number of fused-ring (bicyclic) bond motifs is 1. The summed E-state index contributed by atoms with van der Waals surface area (Å²) in [4.78, 5) is 14.2. The Balaban J connectivity index is 1.89. The topological polar surface area (TPSA) is 42.1 Å². The average molecular weight is 265 g/mol. The van der Waals surface area contributed by atoms with Crippen molar-refractivity contribution in [3.8, 4) is 5.75 Å². The molecule has 1 aromatic heterocycles. The van der Waals surface area contributed by atoms with Gasteiger partial charge < -0.3 is 9.72 Å². The second-order valence-corrected chi connectivity index (χ2v) is 4.80. The van der Waals surface area contributed by atoms with Gasteiger partial charge in [-0.15, -0.1) is 0 Å². The van der Waals surface area contributed by atoms with E-state index in [1.807, 2.05) is 55.5 Å². The first-order chi connectivity index (χ1) is 9.72. The quantitative estimate of drug-likeness (QED) is 0.788. The molecule has 3 heteroatoms. The minimum atomic E-state index is -0.0847. The highest BCUT2D eigenvalue weighted by Crippen LogP contribution is 2.23. The fraction of sp³-hybridized carbons (Fsp3) is 0.118. The molecule has 0 amide bonds. The first-order valence-corrected chi connectivity index (χ1v) is 6.53. The number of H-pyrrole nitrogens is 1. The van der Waals surface area contributed by atoms with E-state index in [0.29, 0.717) is 6.61 Å². The third-order valence-electron chi connectivity index (χ3n) is 3.25. The number of nitrogens with one attached hydrogen (secondary N) is 1. The molecule has 0 spiro atoms. The highest BCUT2D eigenvalue weighted by atomic mass is 16.5. The van der Waals surface area contributed by atoms with E-state index >= 15 is 0 Å². The van der Waals surface area contributed by atoms with Crippen LogP contribution in [0.15, 0.2) is 59.4 Å². The molecule has 0 unspecified atom stereocenters. The predicted octanol–water partition coefficient (Wildman–Crippen LogP) is 3.42. The van der Waals surface area contributed by atoms with Crippen molar-refractivity contribution in [2.45, 2.75) is 13.5 Å². The van der Waals surface area contributed by atoms with Crippen molar-refractivity contribution in [2.24, 2.45) is 0 Å². The van der Waals surface area contributed by atoms with E-state index in [4.69, 9.17) is 4.74 Å². The highest BCUT2D eigenvalue weighted by Gasteiger charge is 2.03. The summed E-state index contributed by atoms with van der Waals surface area (Å²) < 4.78 is 5.82. The molecule has 3 rings (SSSR count). The number of rotatable bonds is 3. The first-order valence-electron chi connectivity index (χ1n) is 6.53. The van der Waals surface area contributed by atoms with Crippen molar-refractivity contribution in [1.82, 2.24) is 4.98 Å². The Labute approximate surface area is 116 Å². The van der Waals surface area contributed by atoms with Gasteiger partial charge in [-0.1, -0.05) is 30.3 Å². The standard InChI is InChI=1S/C17H15NO2/c1-12-9-15(20-11-13-5-3-2-4-6-13)10-14-7-8-16(19)18-17(12)14/h2-10H,11H2,1H3,(H,18,19). The van der Waals surface area contributed by atoms with Crippen LogP contribution in [0.5, 0.6) is 5.75 Å². The fourth-order valence-corrected chi connectivity index (χ4v) is 2.24. The Morgan fingerprint density at radius 1 is 1.05 bits per heavy atom. The van der Waals surface area contributed by atoms with Crippen LogP contribution < -0.4 is 10.3 Å². The summed E-state index contributed by atoms with van der Waals surface area (Å²) in [6, 6.07) is 17.3. The molecular weight excluding hydrogens is 250 g/mol. The lowest BCUT2D eigenvalue weighted by molar-refractivity contribution is 0.306. The molecule has 0 radical (unpaired) electrons. The van der Waals surface area contributed by atoms with Crippen LogP contribution in [0.1, 0.15) is 11.1 Å². The summed E-state index contributed by atoms with van der Waals surface area (Å²) in [6.07, 6.45) is 0. The maximum absolute atomic E-state index is 11.3. The fourth-order valence-electron chi connectivity index (χ4n) is 2.24. The van der Waals surface area contributed by atoms with Gasteiger partial charge in [0, 0.05) is 11.5 Å². The second kappa shape index (κ2) is 5.21. The lowest BCUT2D eigenvalue weighted by Crippen LogP contribution is -2.04. The smallest absolute Gasteiger partial charge is 0.248 e. The van der Waals surface area contributed by atoms with Crippen LogP contribution >= 0.6 is 0 Å². The zero-order chi connectivity index (χ0) is 13.9. The number of hydrogen-bond donors (Lipinski definition) is 1. The van der Waals surface area contributed by atoms with Crippen molar-refractivity contribution < 1.29 is 4.74 Å². The summed E-state index contributed by atoms with van der Waals surface area (Å²) in [5.74, 6) is 0.811. The van der Waals surface area contributed by atoms with Gasteiger partial charge in [-0.25, -0.2) is 0 Å². The minimum Gasteiger partial charge on any atom is -0.489 e. The van der Waals surface area contributed by atoms with Crippen molar-refractivity contribution in [2.75, 3.05) is 0 Å². The molecule has 0 fully saturated rings. The maximum Gasteiger partial charge on any atom is 0.248 e. The number of ether oxygens (including phenoxy) is 1. The Morgan fingerprint density at radius 3 is 2.65 bits per heavy atom. The van der Waals surface area contributed by atoms with Crippen LogP contribution in [0.25, 0.3) is 10.9 Å². The molecule has 1 heterocycles. The van der Waals surface area contributed by atoms with Gasteiger partial charge in [0.2, 0.25) is 5.56 Å². The molecular formula is C17H15NO2. The molecule has 0 aliphatic carbocycles. The summed E-state index contributed by atoms with van der Waals surface area (Å²) >= 11 is 0. The summed E-state index contributed by atoms with van der Waals surface area (Å²) in [6.45, 7) is 2.50. The number of pyridine rings is 1. The van der Waals surface area contributed by atoms with Crippen LogP contribution in [-0.4, -0.2) is 4.98 Å².